The number of nitrogens with one attached hydrogen (secondary N) is 1. The molecule has 0 saturated carbocycles. The Labute approximate surface area is 259 Å². The fourth-order valence-corrected chi connectivity index (χ4v) is 7.39. The summed E-state index contributed by atoms with van der Waals surface area (Å²) in [5, 5.41) is 14.8. The van der Waals surface area contributed by atoms with Gasteiger partial charge in [0.1, 0.15) is 36.3 Å². The number of H-pyrrole nitrogens is 1. The lowest BCUT2D eigenvalue weighted by molar-refractivity contribution is -0.0670. The number of aromatic amines is 1. The van der Waals surface area contributed by atoms with Crippen LogP contribution in [0.5, 0.6) is 0 Å². The number of rotatable bonds is 3. The molecule has 3 aliphatic heterocycles. The van der Waals surface area contributed by atoms with Crippen LogP contribution in [0.4, 0.5) is 11.8 Å². The van der Waals surface area contributed by atoms with E-state index in [-0.39, 0.29) is 34.1 Å². The van der Waals surface area contributed by atoms with E-state index in [4.69, 9.17) is 39.0 Å². The molecule has 3 saturated heterocycles. The molecular weight excluding hydrogens is 676 g/mol. The molecule has 0 spiro atoms. The van der Waals surface area contributed by atoms with Gasteiger partial charge in [0.25, 0.3) is 5.56 Å². The summed E-state index contributed by atoms with van der Waals surface area (Å²) in [7, 11) is -10.3. The van der Waals surface area contributed by atoms with Crippen LogP contribution >= 0.6 is 15.6 Å². The molecule has 0 radical (unpaired) electrons. The number of anilines is 2. The molecule has 3 aliphatic rings. The summed E-state index contributed by atoms with van der Waals surface area (Å²) >= 11 is 0. The van der Waals surface area contributed by atoms with E-state index in [1.165, 1.54) is 10.9 Å². The summed E-state index contributed by atoms with van der Waals surface area (Å²) in [6, 6.07) is -1.50. The summed E-state index contributed by atoms with van der Waals surface area (Å²) in [5.41, 5.74) is 20.1. The van der Waals surface area contributed by atoms with Crippen molar-refractivity contribution in [1.82, 2.24) is 39.0 Å². The predicted molar refractivity (Wildman–Crippen MR) is 150 cm³/mol. The van der Waals surface area contributed by atoms with Gasteiger partial charge < -0.3 is 35.8 Å². The van der Waals surface area contributed by atoms with Crippen molar-refractivity contribution >= 4 is 49.7 Å². The maximum absolute atomic E-state index is 13.4. The molecule has 3 fully saturated rings. The van der Waals surface area contributed by atoms with Crippen LogP contribution < -0.4 is 17.0 Å². The lowest BCUT2D eigenvalue weighted by Crippen LogP contribution is -2.36. The van der Waals surface area contributed by atoms with Crippen molar-refractivity contribution < 1.29 is 51.6 Å². The lowest BCUT2D eigenvalue weighted by Gasteiger charge is -2.26. The van der Waals surface area contributed by atoms with Crippen molar-refractivity contribution in [3.05, 3.63) is 39.8 Å². The average Bonchev–Trinajstić information content (AvgIpc) is 3.76. The van der Waals surface area contributed by atoms with Gasteiger partial charge in [-0.25, -0.2) is 29.1 Å². The van der Waals surface area contributed by atoms with E-state index in [1.54, 1.807) is 0 Å². The molecule has 47 heavy (non-hydrogen) atoms. The molecule has 10 atom stereocenters. The lowest BCUT2D eigenvalue weighted by atomic mass is 10.1. The molecular formula is C20H23N13O12P2. The van der Waals surface area contributed by atoms with Crippen LogP contribution in [0.2, 0.25) is 0 Å². The minimum Gasteiger partial charge on any atom is -0.386 e. The van der Waals surface area contributed by atoms with E-state index < -0.39 is 83.4 Å². The first kappa shape index (κ1) is 31.5. The Morgan fingerprint density at radius 2 is 1.57 bits per heavy atom. The number of phosphoric acid groups is 2. The fourth-order valence-electron chi connectivity index (χ4n) is 5.50. The van der Waals surface area contributed by atoms with Crippen LogP contribution in [0.3, 0.4) is 0 Å². The van der Waals surface area contributed by atoms with Gasteiger partial charge in [-0.3, -0.25) is 37.0 Å². The summed E-state index contributed by atoms with van der Waals surface area (Å²) in [4.78, 5) is 58.9. The van der Waals surface area contributed by atoms with Gasteiger partial charge in [-0.2, -0.15) is 4.98 Å². The summed E-state index contributed by atoms with van der Waals surface area (Å²) in [6.45, 7) is -1.67. The molecule has 0 amide bonds. The predicted octanol–water partition coefficient (Wildman–Crippen LogP) is -1.02. The van der Waals surface area contributed by atoms with Gasteiger partial charge in [0.15, 0.2) is 35.1 Å². The first-order chi connectivity index (χ1) is 22.4. The molecule has 0 aliphatic carbocycles. The maximum atomic E-state index is 13.4. The monoisotopic (exact) mass is 699 g/mol. The molecule has 7 heterocycles. The number of azide groups is 1. The highest BCUT2D eigenvalue weighted by atomic mass is 31.2. The van der Waals surface area contributed by atoms with Crippen molar-refractivity contribution in [2.24, 2.45) is 5.11 Å². The van der Waals surface area contributed by atoms with Gasteiger partial charge in [0.05, 0.1) is 38.0 Å². The number of ether oxygens (including phenoxy) is 2. The normalized spacial score (nSPS) is 36.3. The number of nitrogens with two attached hydrogens (primary N) is 2. The average molecular weight is 699 g/mol. The number of imidazole rings is 2. The van der Waals surface area contributed by atoms with Crippen LogP contribution in [0.25, 0.3) is 32.8 Å². The summed E-state index contributed by atoms with van der Waals surface area (Å²) < 4.78 is 61.8. The second kappa shape index (κ2) is 11.6. The van der Waals surface area contributed by atoms with Crippen LogP contribution in [0.1, 0.15) is 12.5 Å². The molecule has 25 nitrogen and oxygen atoms in total. The molecule has 3 unspecified atom stereocenters. The molecule has 8 N–H and O–H groups in total. The number of aromatic nitrogens is 8. The molecule has 250 valence electrons. The minimum absolute atomic E-state index is 0.0268. The number of hydrogen-bond donors (Lipinski definition) is 6. The number of fused-ring (bicyclic) bond motifs is 5. The van der Waals surface area contributed by atoms with Crippen molar-refractivity contribution in [3.8, 4) is 0 Å². The Bertz CT molecular complexity index is 2070. The molecule has 4 aromatic heterocycles. The van der Waals surface area contributed by atoms with Crippen molar-refractivity contribution in [2.45, 2.75) is 49.0 Å². The van der Waals surface area contributed by atoms with E-state index in [2.05, 4.69) is 39.9 Å². The van der Waals surface area contributed by atoms with E-state index in [1.807, 2.05) is 0 Å². The zero-order chi connectivity index (χ0) is 33.2. The smallest absolute Gasteiger partial charge is 0.386 e. The number of aliphatic hydroxyl groups excluding tert-OH is 1. The Balaban J connectivity index is 1.24. The van der Waals surface area contributed by atoms with Crippen LogP contribution in [0.15, 0.2) is 28.9 Å². The Hall–Kier alpha value is -4.09. The first-order valence-electron chi connectivity index (χ1n) is 13.4. The number of nitrogens with zero attached hydrogens (tertiary/aromatic N) is 10. The molecule has 4 aromatic rings. The molecule has 0 aromatic carbocycles. The van der Waals surface area contributed by atoms with Crippen molar-refractivity contribution in [3.63, 3.8) is 0 Å². The highest BCUT2D eigenvalue weighted by Crippen LogP contribution is 2.54. The van der Waals surface area contributed by atoms with E-state index in [9.17, 15) is 34.3 Å². The Morgan fingerprint density at radius 1 is 0.936 bits per heavy atom. The van der Waals surface area contributed by atoms with Gasteiger partial charge in [-0.1, -0.05) is 5.11 Å². The third-order valence-corrected chi connectivity index (χ3v) is 9.48. The van der Waals surface area contributed by atoms with E-state index in [0.717, 1.165) is 17.2 Å². The van der Waals surface area contributed by atoms with E-state index in [0.29, 0.717) is 0 Å². The largest absolute Gasteiger partial charge is 0.472 e. The number of aliphatic hydroxyl groups is 1. The van der Waals surface area contributed by atoms with E-state index >= 15 is 0 Å². The molecule has 7 rings (SSSR count). The molecule has 2 bridgehead atoms. The number of phosphoric ester groups is 2. The van der Waals surface area contributed by atoms with Crippen molar-refractivity contribution in [2.75, 3.05) is 24.7 Å². The third-order valence-electron chi connectivity index (χ3n) is 7.51. The zero-order valence-corrected chi connectivity index (χ0v) is 25.1. The second-order valence-corrected chi connectivity index (χ2v) is 13.2. The maximum Gasteiger partial charge on any atom is 0.472 e. The zero-order valence-electron chi connectivity index (χ0n) is 23.3. The highest BCUT2D eigenvalue weighted by Gasteiger charge is 2.54. The second-order valence-electron chi connectivity index (χ2n) is 10.3. The number of hydrogen-bond acceptors (Lipinski definition) is 18. The Morgan fingerprint density at radius 3 is 2.30 bits per heavy atom. The van der Waals surface area contributed by atoms with Gasteiger partial charge in [-0.15, -0.1) is 0 Å². The number of nitrogen functional groups attached to an aromatic ring is 2. The Kier molecular flexibility index (Phi) is 7.75. The standard InChI is InChI=1S/C20H23N13O12P2/c21-14-9-15(25-3-24-14)32(4-26-9)18-11(34)12-7(43-18)2-41-47(38,39)45-13-8(30-31-23)6(1-40-46(36,37)44-12)42-19(13)33-5-27-10-16(33)28-20(22)29-17(10)35/h3-8,11-13,18-19,34H,1-2H2,(H,36,37)(H,38,39)(H2,21,24,25)(H3,22,28,29,35)/t6-,7-,8?,11-,12-,13-,18-,19-/m1/s1. The SMILES string of the molecule is [N-]=[N+]=NC1[C@H]2OP(=O)(O)OC[C@H]3O[C@@H](n4cnc5c(N)ncnc54)[C@H](O)[C@@H]3OP(=O)(O)OC[C@H]1O[C@H]2n1cnc2c(=O)[nH]c(N)nc21. The van der Waals surface area contributed by atoms with Crippen LogP contribution in [0, 0.1) is 0 Å². The third kappa shape index (κ3) is 5.63. The van der Waals surface area contributed by atoms with Crippen LogP contribution in [-0.2, 0) is 36.7 Å². The van der Waals surface area contributed by atoms with Crippen molar-refractivity contribution in [1.29, 1.82) is 0 Å². The quantitative estimate of drug-likeness (QED) is 0.0644. The summed E-state index contributed by atoms with van der Waals surface area (Å²) in [5.74, 6) is -0.270. The summed E-state index contributed by atoms with van der Waals surface area (Å²) in [6.07, 6.45) is -7.45. The minimum atomic E-state index is -5.16. The van der Waals surface area contributed by atoms with Gasteiger partial charge >= 0.3 is 15.6 Å². The van der Waals surface area contributed by atoms with Gasteiger partial charge in [-0.05, 0) is 5.53 Å². The van der Waals surface area contributed by atoms with Crippen LogP contribution in [-0.4, -0.2) is 104 Å². The van der Waals surface area contributed by atoms with Gasteiger partial charge in [0, 0.05) is 4.91 Å². The van der Waals surface area contributed by atoms with Gasteiger partial charge in [0.2, 0.25) is 5.95 Å². The fraction of sp³-hybridized carbons (Fsp3) is 0.500. The highest BCUT2D eigenvalue weighted by molar-refractivity contribution is 7.47. The first-order valence-corrected chi connectivity index (χ1v) is 16.3. The molecule has 27 heteroatoms. The topological polar surface area (TPSA) is 358 Å².